The average Bonchev–Trinajstić information content (AvgIpc) is 3.22. The number of aryl methyl sites for hydroxylation is 1. The van der Waals surface area contributed by atoms with Crippen molar-refractivity contribution in [3.63, 3.8) is 0 Å². The number of nitrogens with one attached hydrogen (secondary N) is 2. The number of carbonyl (C=O) groups excluding carboxylic acids is 3. The van der Waals surface area contributed by atoms with Crippen LogP contribution in [-0.4, -0.2) is 49.1 Å². The molecule has 0 radical (unpaired) electrons. The van der Waals surface area contributed by atoms with E-state index in [4.69, 9.17) is 0 Å². The Hall–Kier alpha value is -2.88. The number of benzene rings is 1. The van der Waals surface area contributed by atoms with Crippen LogP contribution >= 0.6 is 11.8 Å². The molecule has 2 aliphatic heterocycles. The molecule has 1 aromatic carbocycles. The molecule has 3 heterocycles. The number of nitrogens with zero attached hydrogens (tertiary/aromatic N) is 3. The number of rotatable bonds is 3. The Labute approximate surface area is 170 Å². The maximum atomic E-state index is 12.7. The van der Waals surface area contributed by atoms with E-state index in [1.54, 1.807) is 47.9 Å². The molecule has 0 unspecified atom stereocenters. The fourth-order valence-corrected chi connectivity index (χ4v) is 5.32. The minimum Gasteiger partial charge on any atom is -0.315 e. The van der Waals surface area contributed by atoms with Crippen molar-refractivity contribution in [2.75, 3.05) is 5.75 Å². The fourth-order valence-electron chi connectivity index (χ4n) is 3.89. The Morgan fingerprint density at radius 3 is 2.69 bits per heavy atom. The average molecular weight is 415 g/mol. The van der Waals surface area contributed by atoms with Crippen LogP contribution in [0.25, 0.3) is 10.8 Å². The van der Waals surface area contributed by atoms with Gasteiger partial charge in [0.15, 0.2) is 5.69 Å². The highest BCUT2D eigenvalue weighted by atomic mass is 32.2. The highest BCUT2D eigenvalue weighted by molar-refractivity contribution is 8.01. The van der Waals surface area contributed by atoms with Crippen LogP contribution in [-0.2, 0) is 16.1 Å². The third-order valence-corrected chi connectivity index (χ3v) is 6.93. The van der Waals surface area contributed by atoms with Gasteiger partial charge in [-0.2, -0.15) is 5.10 Å². The smallest absolute Gasteiger partial charge is 0.290 e. The SMILES string of the molecule is CCn1nc(C(=O)NNC(=O)[C@H]2CS[C@@]3(C)CCC(=O)N23)c2ccccc2c1=O. The summed E-state index contributed by atoms with van der Waals surface area (Å²) in [6.07, 6.45) is 1.13. The number of hydrogen-bond acceptors (Lipinski definition) is 6. The molecular formula is C19H21N5O4S. The molecule has 29 heavy (non-hydrogen) atoms. The van der Waals surface area contributed by atoms with Crippen molar-refractivity contribution in [3.8, 4) is 0 Å². The van der Waals surface area contributed by atoms with Crippen LogP contribution in [0.4, 0.5) is 0 Å². The molecule has 1 aromatic heterocycles. The van der Waals surface area contributed by atoms with Gasteiger partial charge in [0.25, 0.3) is 17.4 Å². The second kappa shape index (κ2) is 7.18. The quantitative estimate of drug-likeness (QED) is 0.711. The van der Waals surface area contributed by atoms with E-state index in [0.717, 1.165) is 0 Å². The van der Waals surface area contributed by atoms with Gasteiger partial charge in [-0.25, -0.2) is 4.68 Å². The molecule has 3 amide bonds. The zero-order valence-corrected chi connectivity index (χ0v) is 16.9. The van der Waals surface area contributed by atoms with Crippen molar-refractivity contribution in [2.24, 2.45) is 0 Å². The highest BCUT2D eigenvalue weighted by Gasteiger charge is 2.52. The van der Waals surface area contributed by atoms with E-state index in [0.29, 0.717) is 35.9 Å². The molecule has 2 saturated heterocycles. The van der Waals surface area contributed by atoms with Gasteiger partial charge in [0, 0.05) is 24.1 Å². The van der Waals surface area contributed by atoms with Gasteiger partial charge in [-0.3, -0.25) is 30.0 Å². The first-order valence-electron chi connectivity index (χ1n) is 9.42. The molecule has 2 fully saturated rings. The Balaban J connectivity index is 1.54. The molecule has 0 spiro atoms. The molecule has 0 bridgehead atoms. The normalized spacial score (nSPS) is 23.3. The monoisotopic (exact) mass is 415 g/mol. The minimum atomic E-state index is -0.630. The summed E-state index contributed by atoms with van der Waals surface area (Å²) >= 11 is 1.58. The van der Waals surface area contributed by atoms with Crippen molar-refractivity contribution in [1.82, 2.24) is 25.5 Å². The van der Waals surface area contributed by atoms with Gasteiger partial charge in [-0.1, -0.05) is 18.2 Å². The molecule has 9 nitrogen and oxygen atoms in total. The van der Waals surface area contributed by atoms with Gasteiger partial charge >= 0.3 is 0 Å². The third kappa shape index (κ3) is 3.17. The summed E-state index contributed by atoms with van der Waals surface area (Å²) in [4.78, 5) is 51.2. The van der Waals surface area contributed by atoms with Crippen LogP contribution in [0.1, 0.15) is 37.2 Å². The standard InChI is InChI=1S/C19H21N5O4S/c1-3-23-18(28)12-7-5-4-6-11(12)15(22-23)17(27)21-20-16(26)13-10-29-19(2)9-8-14(25)24(13)19/h4-7,13H,3,8-10H2,1-2H3,(H,20,26)(H,21,27)/t13-,19+/m1/s1. The molecular weight excluding hydrogens is 394 g/mol. The second-order valence-electron chi connectivity index (χ2n) is 7.22. The predicted octanol–water partition coefficient (Wildman–Crippen LogP) is 0.631. The second-order valence-corrected chi connectivity index (χ2v) is 8.73. The van der Waals surface area contributed by atoms with Crippen LogP contribution in [0.2, 0.25) is 0 Å². The Morgan fingerprint density at radius 1 is 1.24 bits per heavy atom. The first-order chi connectivity index (χ1) is 13.9. The number of thioether (sulfide) groups is 1. The van der Waals surface area contributed by atoms with E-state index >= 15 is 0 Å². The first-order valence-corrected chi connectivity index (χ1v) is 10.4. The molecule has 2 aliphatic rings. The Kier molecular flexibility index (Phi) is 4.81. The molecule has 2 N–H and O–H groups in total. The maximum absolute atomic E-state index is 12.7. The Morgan fingerprint density at radius 2 is 1.97 bits per heavy atom. The summed E-state index contributed by atoms with van der Waals surface area (Å²) < 4.78 is 1.21. The van der Waals surface area contributed by atoms with E-state index in [-0.39, 0.29) is 22.0 Å². The number of fused-ring (bicyclic) bond motifs is 2. The summed E-state index contributed by atoms with van der Waals surface area (Å²) in [7, 11) is 0. The predicted molar refractivity (Wildman–Crippen MR) is 108 cm³/mol. The topological polar surface area (TPSA) is 113 Å². The van der Waals surface area contributed by atoms with Crippen LogP contribution < -0.4 is 16.4 Å². The van der Waals surface area contributed by atoms with Gasteiger partial charge in [0.05, 0.1) is 10.3 Å². The summed E-state index contributed by atoms with van der Waals surface area (Å²) in [6.45, 7) is 4.03. The van der Waals surface area contributed by atoms with Gasteiger partial charge in [-0.15, -0.1) is 11.8 Å². The molecule has 152 valence electrons. The number of carbonyl (C=O) groups is 3. The van der Waals surface area contributed by atoms with Crippen molar-refractivity contribution in [3.05, 3.63) is 40.3 Å². The fraction of sp³-hybridized carbons (Fsp3) is 0.421. The zero-order valence-electron chi connectivity index (χ0n) is 16.1. The summed E-state index contributed by atoms with van der Waals surface area (Å²) in [6, 6.07) is 6.08. The van der Waals surface area contributed by atoms with E-state index in [1.807, 2.05) is 6.92 Å². The largest absolute Gasteiger partial charge is 0.315 e. The zero-order chi connectivity index (χ0) is 20.8. The number of hydrogen-bond donors (Lipinski definition) is 2. The summed E-state index contributed by atoms with van der Waals surface area (Å²) in [5, 5.41) is 4.93. The lowest BCUT2D eigenvalue weighted by molar-refractivity contribution is -0.138. The minimum absolute atomic E-state index is 0.0465. The molecule has 2 aromatic rings. The van der Waals surface area contributed by atoms with Crippen LogP contribution in [0.15, 0.2) is 29.1 Å². The van der Waals surface area contributed by atoms with Crippen molar-refractivity contribution >= 4 is 40.3 Å². The lowest BCUT2D eigenvalue weighted by Crippen LogP contribution is -2.54. The maximum Gasteiger partial charge on any atom is 0.290 e. The van der Waals surface area contributed by atoms with Crippen molar-refractivity contribution < 1.29 is 14.4 Å². The van der Waals surface area contributed by atoms with E-state index < -0.39 is 17.9 Å². The molecule has 0 aliphatic carbocycles. The number of aromatic nitrogens is 2. The molecule has 0 saturated carbocycles. The highest BCUT2D eigenvalue weighted by Crippen LogP contribution is 2.47. The van der Waals surface area contributed by atoms with Crippen molar-refractivity contribution in [2.45, 2.75) is 44.1 Å². The van der Waals surface area contributed by atoms with E-state index in [9.17, 15) is 19.2 Å². The lowest BCUT2D eigenvalue weighted by atomic mass is 10.1. The number of hydrazine groups is 1. The van der Waals surface area contributed by atoms with E-state index in [1.165, 1.54) is 4.68 Å². The summed E-state index contributed by atoms with van der Waals surface area (Å²) in [5.74, 6) is -0.645. The van der Waals surface area contributed by atoms with Crippen LogP contribution in [0.5, 0.6) is 0 Å². The van der Waals surface area contributed by atoms with E-state index in [2.05, 4.69) is 16.0 Å². The van der Waals surface area contributed by atoms with Gasteiger partial charge < -0.3 is 4.90 Å². The molecule has 10 heteroatoms. The lowest BCUT2D eigenvalue weighted by Gasteiger charge is -2.29. The molecule has 4 rings (SSSR count). The first kappa shape index (κ1) is 19.4. The van der Waals surface area contributed by atoms with Crippen LogP contribution in [0, 0.1) is 0 Å². The van der Waals surface area contributed by atoms with Crippen LogP contribution in [0.3, 0.4) is 0 Å². The van der Waals surface area contributed by atoms with Gasteiger partial charge in [0.1, 0.15) is 6.04 Å². The third-order valence-electron chi connectivity index (χ3n) is 5.43. The van der Waals surface area contributed by atoms with Gasteiger partial charge in [-0.05, 0) is 26.3 Å². The van der Waals surface area contributed by atoms with Gasteiger partial charge in [0.2, 0.25) is 5.91 Å². The summed E-state index contributed by atoms with van der Waals surface area (Å²) in [5.41, 5.74) is 4.57. The Bertz CT molecular complexity index is 1080. The molecule has 2 atom stereocenters. The number of amides is 3. The van der Waals surface area contributed by atoms with Crippen molar-refractivity contribution in [1.29, 1.82) is 0 Å².